The number of carbonyl (C=O) groups excluding carboxylic acids is 2. The molecule has 0 saturated carbocycles. The lowest BCUT2D eigenvalue weighted by atomic mass is 10.0. The maximum atomic E-state index is 10.6. The van der Waals surface area contributed by atoms with Gasteiger partial charge in [-0.25, -0.2) is 4.79 Å². The molecule has 0 bridgehead atoms. The molecule has 1 rings (SSSR count). The molecule has 0 aliphatic heterocycles. The highest BCUT2D eigenvalue weighted by molar-refractivity contribution is 5.94. The van der Waals surface area contributed by atoms with E-state index in [1.54, 1.807) is 6.07 Å². The molecule has 0 amide bonds. The normalized spacial score (nSPS) is 10.1. The minimum Gasteiger partial charge on any atom is -0.478 e. The Labute approximate surface area is 85.8 Å². The second-order valence-electron chi connectivity index (χ2n) is 2.76. The third kappa shape index (κ3) is 2.60. The number of hydrogen-bond donors (Lipinski definition) is 1. The van der Waals surface area contributed by atoms with Crippen LogP contribution < -0.4 is 0 Å². The predicted octanol–water partition coefficient (Wildman–Crippen LogP) is 1.41. The molecule has 0 fully saturated rings. The van der Waals surface area contributed by atoms with Gasteiger partial charge in [-0.1, -0.05) is 18.2 Å². The molecular weight excluding hydrogens is 196 g/mol. The van der Waals surface area contributed by atoms with Crippen molar-refractivity contribution in [3.05, 3.63) is 41.0 Å². The second kappa shape index (κ2) is 4.85. The number of aliphatic carboxylic acids is 1. The van der Waals surface area contributed by atoms with Crippen molar-refractivity contribution >= 4 is 24.6 Å². The van der Waals surface area contributed by atoms with Gasteiger partial charge in [-0.05, 0) is 11.6 Å². The summed E-state index contributed by atoms with van der Waals surface area (Å²) in [7, 11) is 0. The van der Waals surface area contributed by atoms with Gasteiger partial charge in [-0.15, -0.1) is 0 Å². The van der Waals surface area contributed by atoms with Crippen LogP contribution in [0.4, 0.5) is 0 Å². The van der Waals surface area contributed by atoms with E-state index < -0.39 is 5.97 Å². The Morgan fingerprint density at radius 3 is 2.07 bits per heavy atom. The maximum absolute atomic E-state index is 10.6. The minimum absolute atomic E-state index is 0.289. The lowest BCUT2D eigenvalue weighted by Crippen LogP contribution is -1.94. The highest BCUT2D eigenvalue weighted by atomic mass is 16.4. The summed E-state index contributed by atoms with van der Waals surface area (Å²) in [4.78, 5) is 31.6. The lowest BCUT2D eigenvalue weighted by Gasteiger charge is -2.01. The van der Waals surface area contributed by atoms with E-state index in [2.05, 4.69) is 0 Å². The van der Waals surface area contributed by atoms with Crippen LogP contribution in [0.3, 0.4) is 0 Å². The molecule has 76 valence electrons. The van der Waals surface area contributed by atoms with Crippen LogP contribution in [0.25, 0.3) is 6.08 Å². The molecule has 4 heteroatoms. The summed E-state index contributed by atoms with van der Waals surface area (Å²) in [6, 6.07) is 4.59. The van der Waals surface area contributed by atoms with Crippen LogP contribution in [-0.4, -0.2) is 23.6 Å². The van der Waals surface area contributed by atoms with Gasteiger partial charge in [0.15, 0.2) is 12.6 Å². The molecule has 1 aromatic carbocycles. The number of aldehydes is 2. The summed E-state index contributed by atoms with van der Waals surface area (Å²) >= 11 is 0. The second-order valence-corrected chi connectivity index (χ2v) is 2.76. The first-order valence-electron chi connectivity index (χ1n) is 4.13. The van der Waals surface area contributed by atoms with Crippen LogP contribution in [0.2, 0.25) is 0 Å². The summed E-state index contributed by atoms with van der Waals surface area (Å²) in [5.74, 6) is -1.13. The predicted molar refractivity (Wildman–Crippen MR) is 53.9 cm³/mol. The molecule has 0 aromatic heterocycles. The third-order valence-corrected chi connectivity index (χ3v) is 1.82. The molecule has 15 heavy (non-hydrogen) atoms. The fourth-order valence-electron chi connectivity index (χ4n) is 1.15. The van der Waals surface area contributed by atoms with Gasteiger partial charge in [0.05, 0.1) is 0 Å². The Balaban J connectivity index is 3.28. The van der Waals surface area contributed by atoms with E-state index in [9.17, 15) is 14.4 Å². The highest BCUT2D eigenvalue weighted by Gasteiger charge is 2.04. The Kier molecular flexibility index (Phi) is 3.51. The lowest BCUT2D eigenvalue weighted by molar-refractivity contribution is -0.131. The Bertz CT molecular complexity index is 406. The quantitative estimate of drug-likeness (QED) is 0.594. The molecule has 0 aliphatic carbocycles. The van der Waals surface area contributed by atoms with Gasteiger partial charge in [0, 0.05) is 17.2 Å². The monoisotopic (exact) mass is 204 g/mol. The highest BCUT2D eigenvalue weighted by Crippen LogP contribution is 2.13. The van der Waals surface area contributed by atoms with Crippen molar-refractivity contribution in [2.24, 2.45) is 0 Å². The van der Waals surface area contributed by atoms with Crippen molar-refractivity contribution in [3.8, 4) is 0 Å². The number of hydrogen-bond acceptors (Lipinski definition) is 3. The summed E-state index contributed by atoms with van der Waals surface area (Å²) in [6.45, 7) is 0. The van der Waals surface area contributed by atoms with E-state index in [4.69, 9.17) is 5.11 Å². The number of rotatable bonds is 4. The smallest absolute Gasteiger partial charge is 0.328 e. The summed E-state index contributed by atoms with van der Waals surface area (Å²) in [6.07, 6.45) is 3.27. The van der Waals surface area contributed by atoms with Crippen molar-refractivity contribution in [1.29, 1.82) is 0 Å². The van der Waals surface area contributed by atoms with E-state index in [1.165, 1.54) is 18.2 Å². The summed E-state index contributed by atoms with van der Waals surface area (Å²) in [5, 5.41) is 8.44. The molecular formula is C11H8O4. The van der Waals surface area contributed by atoms with Crippen molar-refractivity contribution in [3.63, 3.8) is 0 Å². The molecule has 0 saturated heterocycles. The van der Waals surface area contributed by atoms with Crippen LogP contribution in [0.15, 0.2) is 24.3 Å². The fourth-order valence-corrected chi connectivity index (χ4v) is 1.15. The molecule has 1 aromatic rings. The van der Waals surface area contributed by atoms with Gasteiger partial charge in [-0.3, -0.25) is 9.59 Å². The van der Waals surface area contributed by atoms with Gasteiger partial charge >= 0.3 is 5.97 Å². The van der Waals surface area contributed by atoms with E-state index in [-0.39, 0.29) is 11.1 Å². The zero-order valence-electron chi connectivity index (χ0n) is 7.71. The van der Waals surface area contributed by atoms with Crippen LogP contribution in [0.1, 0.15) is 26.3 Å². The average Bonchev–Trinajstić information content (AvgIpc) is 2.25. The first-order valence-corrected chi connectivity index (χ1v) is 4.13. The van der Waals surface area contributed by atoms with Gasteiger partial charge in [0.25, 0.3) is 0 Å². The van der Waals surface area contributed by atoms with Crippen molar-refractivity contribution in [1.82, 2.24) is 0 Å². The summed E-state index contributed by atoms with van der Waals surface area (Å²) in [5.41, 5.74) is 0.902. The molecule has 0 aliphatic rings. The largest absolute Gasteiger partial charge is 0.478 e. The first kappa shape index (κ1) is 10.8. The van der Waals surface area contributed by atoms with Crippen molar-refractivity contribution in [2.45, 2.75) is 0 Å². The summed E-state index contributed by atoms with van der Waals surface area (Å²) < 4.78 is 0. The zero-order valence-corrected chi connectivity index (χ0v) is 7.71. The van der Waals surface area contributed by atoms with Gasteiger partial charge in [-0.2, -0.15) is 0 Å². The number of carbonyl (C=O) groups is 3. The Morgan fingerprint density at radius 1 is 1.13 bits per heavy atom. The van der Waals surface area contributed by atoms with Crippen LogP contribution in [0, 0.1) is 0 Å². The third-order valence-electron chi connectivity index (χ3n) is 1.82. The first-order chi connectivity index (χ1) is 7.19. The molecule has 0 radical (unpaired) electrons. The van der Waals surface area contributed by atoms with Crippen LogP contribution in [0.5, 0.6) is 0 Å². The number of carboxylic acids is 1. The Morgan fingerprint density at radius 2 is 1.67 bits per heavy atom. The van der Waals surface area contributed by atoms with E-state index >= 15 is 0 Å². The average molecular weight is 204 g/mol. The zero-order chi connectivity index (χ0) is 11.3. The fraction of sp³-hybridized carbons (Fsp3) is 0. The van der Waals surface area contributed by atoms with E-state index in [1.807, 2.05) is 0 Å². The van der Waals surface area contributed by atoms with Gasteiger partial charge in [0.2, 0.25) is 0 Å². The molecule has 0 unspecified atom stereocenters. The Hall–Kier alpha value is -2.23. The van der Waals surface area contributed by atoms with Crippen LogP contribution in [-0.2, 0) is 4.79 Å². The van der Waals surface area contributed by atoms with Crippen molar-refractivity contribution < 1.29 is 19.5 Å². The molecule has 1 N–H and O–H groups in total. The number of carboxylic acid groups (broad SMARTS) is 1. The molecule has 0 spiro atoms. The number of benzene rings is 1. The van der Waals surface area contributed by atoms with Crippen LogP contribution >= 0.6 is 0 Å². The van der Waals surface area contributed by atoms with Crippen molar-refractivity contribution in [2.75, 3.05) is 0 Å². The van der Waals surface area contributed by atoms with E-state index in [0.29, 0.717) is 18.1 Å². The maximum Gasteiger partial charge on any atom is 0.328 e. The molecule has 0 atom stereocenters. The topological polar surface area (TPSA) is 71.4 Å². The SMILES string of the molecule is O=Cc1cccc(C=O)c1C=CC(=O)O. The molecule has 0 heterocycles. The van der Waals surface area contributed by atoms with Gasteiger partial charge < -0.3 is 5.11 Å². The molecule has 4 nitrogen and oxygen atoms in total. The standard InChI is InChI=1S/C11H8O4/c12-6-8-2-1-3-9(7-13)10(8)4-5-11(14)15/h1-7H,(H,14,15). The van der Waals surface area contributed by atoms with Gasteiger partial charge in [0.1, 0.15) is 0 Å². The minimum atomic E-state index is -1.13. The van der Waals surface area contributed by atoms with E-state index in [0.717, 1.165) is 6.08 Å².